The second kappa shape index (κ2) is 7.22. The summed E-state index contributed by atoms with van der Waals surface area (Å²) in [5, 5.41) is 6.74. The molecule has 0 bridgehead atoms. The van der Waals surface area contributed by atoms with Crippen LogP contribution in [-0.2, 0) is 6.54 Å². The van der Waals surface area contributed by atoms with E-state index >= 15 is 0 Å². The Labute approximate surface area is 108 Å². The maximum Gasteiger partial charge on any atom is 0.107 e. The van der Waals surface area contributed by atoms with Crippen LogP contribution in [0.5, 0.6) is 0 Å². The van der Waals surface area contributed by atoms with Gasteiger partial charge in [0.15, 0.2) is 0 Å². The summed E-state index contributed by atoms with van der Waals surface area (Å²) < 4.78 is 0. The smallest absolute Gasteiger partial charge is 0.107 e. The van der Waals surface area contributed by atoms with Gasteiger partial charge in [0.2, 0.25) is 0 Å². The summed E-state index contributed by atoms with van der Waals surface area (Å²) in [6.07, 6.45) is 4.41. The minimum atomic E-state index is 0. The van der Waals surface area contributed by atoms with E-state index in [4.69, 9.17) is 0 Å². The molecule has 1 aliphatic heterocycles. The van der Waals surface area contributed by atoms with Crippen LogP contribution in [0.15, 0.2) is 11.6 Å². The van der Waals surface area contributed by atoms with E-state index < -0.39 is 0 Å². The molecule has 1 fully saturated rings. The molecule has 0 amide bonds. The molecule has 1 unspecified atom stereocenters. The molecule has 2 heterocycles. The standard InChI is InChI=1S/C11H19N3S.ClH/c1-2-6-14(10-3-4-12-8-10)9-11-13-5-7-15-11;/h5,7,10,12H,2-4,6,8-9H2,1H3;1H. The Bertz CT molecular complexity index is 273. The molecular weight excluding hydrogens is 242 g/mol. The van der Waals surface area contributed by atoms with Crippen molar-refractivity contribution in [2.75, 3.05) is 19.6 Å². The van der Waals surface area contributed by atoms with Crippen molar-refractivity contribution in [3.05, 3.63) is 16.6 Å². The van der Waals surface area contributed by atoms with Crippen LogP contribution in [-0.4, -0.2) is 35.6 Å². The highest BCUT2D eigenvalue weighted by Crippen LogP contribution is 2.15. The third kappa shape index (κ3) is 3.70. The molecule has 1 atom stereocenters. The average Bonchev–Trinajstić information content (AvgIpc) is 2.89. The van der Waals surface area contributed by atoms with Crippen LogP contribution in [0.1, 0.15) is 24.8 Å². The molecule has 1 N–H and O–H groups in total. The maximum atomic E-state index is 4.37. The number of aromatic nitrogens is 1. The maximum absolute atomic E-state index is 4.37. The van der Waals surface area contributed by atoms with Gasteiger partial charge in [-0.25, -0.2) is 4.98 Å². The zero-order valence-corrected chi connectivity index (χ0v) is 11.3. The van der Waals surface area contributed by atoms with Crippen molar-refractivity contribution in [3.8, 4) is 0 Å². The first-order valence-corrected chi connectivity index (χ1v) is 6.61. The van der Waals surface area contributed by atoms with E-state index in [1.165, 1.54) is 30.9 Å². The Morgan fingerprint density at radius 2 is 2.50 bits per heavy atom. The van der Waals surface area contributed by atoms with Gasteiger partial charge in [0.25, 0.3) is 0 Å². The number of nitrogens with one attached hydrogen (secondary N) is 1. The topological polar surface area (TPSA) is 28.2 Å². The van der Waals surface area contributed by atoms with Crippen molar-refractivity contribution in [2.45, 2.75) is 32.4 Å². The van der Waals surface area contributed by atoms with Crippen LogP contribution in [0.25, 0.3) is 0 Å². The number of rotatable bonds is 5. The van der Waals surface area contributed by atoms with Gasteiger partial charge in [-0.3, -0.25) is 4.90 Å². The molecule has 1 aromatic heterocycles. The predicted molar refractivity (Wildman–Crippen MR) is 71.3 cm³/mol. The molecule has 0 saturated carbocycles. The van der Waals surface area contributed by atoms with Crippen molar-refractivity contribution < 1.29 is 0 Å². The van der Waals surface area contributed by atoms with Crippen molar-refractivity contribution in [1.82, 2.24) is 15.2 Å². The van der Waals surface area contributed by atoms with Crippen LogP contribution in [0.4, 0.5) is 0 Å². The molecule has 0 radical (unpaired) electrons. The Kier molecular flexibility index (Phi) is 6.28. The number of thiazole rings is 1. The SMILES string of the molecule is CCCN(Cc1nccs1)C1CCNC1.Cl. The number of hydrogen-bond donors (Lipinski definition) is 1. The van der Waals surface area contributed by atoms with Crippen LogP contribution in [0.2, 0.25) is 0 Å². The molecule has 1 saturated heterocycles. The van der Waals surface area contributed by atoms with Crippen molar-refractivity contribution >= 4 is 23.7 Å². The highest BCUT2D eigenvalue weighted by atomic mass is 35.5. The van der Waals surface area contributed by atoms with E-state index in [1.54, 1.807) is 11.3 Å². The number of hydrogen-bond acceptors (Lipinski definition) is 4. The fourth-order valence-electron chi connectivity index (χ4n) is 2.13. The lowest BCUT2D eigenvalue weighted by atomic mass is 10.2. The molecule has 1 aromatic rings. The normalized spacial score (nSPS) is 20.0. The van der Waals surface area contributed by atoms with Crippen molar-refractivity contribution in [3.63, 3.8) is 0 Å². The second-order valence-electron chi connectivity index (χ2n) is 4.04. The Balaban J connectivity index is 0.00000128. The molecular formula is C11H20ClN3S. The zero-order chi connectivity index (χ0) is 10.5. The van der Waals surface area contributed by atoms with Crippen LogP contribution in [0, 0.1) is 0 Å². The fraction of sp³-hybridized carbons (Fsp3) is 0.727. The third-order valence-electron chi connectivity index (χ3n) is 2.88. The molecule has 92 valence electrons. The lowest BCUT2D eigenvalue weighted by Crippen LogP contribution is -2.36. The van der Waals surface area contributed by atoms with Gasteiger partial charge < -0.3 is 5.32 Å². The zero-order valence-electron chi connectivity index (χ0n) is 9.69. The molecule has 0 aromatic carbocycles. The van der Waals surface area contributed by atoms with E-state index in [0.717, 1.165) is 13.1 Å². The summed E-state index contributed by atoms with van der Waals surface area (Å²) in [7, 11) is 0. The van der Waals surface area contributed by atoms with Gasteiger partial charge in [0.1, 0.15) is 5.01 Å². The highest BCUT2D eigenvalue weighted by Gasteiger charge is 2.22. The average molecular weight is 262 g/mol. The largest absolute Gasteiger partial charge is 0.315 e. The van der Waals surface area contributed by atoms with Gasteiger partial charge in [-0.05, 0) is 25.9 Å². The summed E-state index contributed by atoms with van der Waals surface area (Å²) in [4.78, 5) is 6.93. The summed E-state index contributed by atoms with van der Waals surface area (Å²) in [5.74, 6) is 0. The summed E-state index contributed by atoms with van der Waals surface area (Å²) in [6, 6.07) is 0.717. The molecule has 2 rings (SSSR count). The quantitative estimate of drug-likeness (QED) is 0.880. The monoisotopic (exact) mass is 261 g/mol. The molecule has 5 heteroatoms. The van der Waals surface area contributed by atoms with E-state index in [0.29, 0.717) is 6.04 Å². The van der Waals surface area contributed by atoms with Crippen LogP contribution in [0.3, 0.4) is 0 Å². The molecule has 1 aliphatic rings. The van der Waals surface area contributed by atoms with Crippen LogP contribution < -0.4 is 5.32 Å². The van der Waals surface area contributed by atoms with Gasteiger partial charge in [-0.2, -0.15) is 0 Å². The highest BCUT2D eigenvalue weighted by molar-refractivity contribution is 7.09. The van der Waals surface area contributed by atoms with Crippen molar-refractivity contribution in [2.24, 2.45) is 0 Å². The van der Waals surface area contributed by atoms with E-state index in [9.17, 15) is 0 Å². The van der Waals surface area contributed by atoms with Gasteiger partial charge in [-0.1, -0.05) is 6.92 Å². The second-order valence-corrected chi connectivity index (χ2v) is 5.02. The van der Waals surface area contributed by atoms with Gasteiger partial charge in [-0.15, -0.1) is 23.7 Å². The van der Waals surface area contributed by atoms with Crippen LogP contribution >= 0.6 is 23.7 Å². The van der Waals surface area contributed by atoms with Gasteiger partial charge >= 0.3 is 0 Å². The van der Waals surface area contributed by atoms with E-state index in [-0.39, 0.29) is 12.4 Å². The minimum absolute atomic E-state index is 0. The lowest BCUT2D eigenvalue weighted by Gasteiger charge is -2.26. The fourth-order valence-corrected chi connectivity index (χ4v) is 2.77. The van der Waals surface area contributed by atoms with E-state index in [1.807, 2.05) is 6.20 Å². The lowest BCUT2D eigenvalue weighted by molar-refractivity contribution is 0.199. The molecule has 3 nitrogen and oxygen atoms in total. The minimum Gasteiger partial charge on any atom is -0.315 e. The Hall–Kier alpha value is -0.160. The van der Waals surface area contributed by atoms with Crippen molar-refractivity contribution in [1.29, 1.82) is 0 Å². The number of nitrogens with zero attached hydrogens (tertiary/aromatic N) is 2. The first kappa shape index (κ1) is 13.9. The van der Waals surface area contributed by atoms with E-state index in [2.05, 4.69) is 27.5 Å². The van der Waals surface area contributed by atoms with Gasteiger partial charge in [0.05, 0.1) is 6.54 Å². The Morgan fingerprint density at radius 3 is 3.06 bits per heavy atom. The number of halogens is 1. The Morgan fingerprint density at radius 1 is 1.62 bits per heavy atom. The summed E-state index contributed by atoms with van der Waals surface area (Å²) in [6.45, 7) is 6.77. The molecule has 16 heavy (non-hydrogen) atoms. The molecule has 0 spiro atoms. The first-order valence-electron chi connectivity index (χ1n) is 5.73. The first-order chi connectivity index (χ1) is 7.40. The summed E-state index contributed by atoms with van der Waals surface area (Å²) in [5.41, 5.74) is 0. The van der Waals surface area contributed by atoms with Gasteiger partial charge in [0, 0.05) is 24.2 Å². The predicted octanol–water partition coefficient (Wildman–Crippen LogP) is 2.14. The third-order valence-corrected chi connectivity index (χ3v) is 3.65. The summed E-state index contributed by atoms with van der Waals surface area (Å²) >= 11 is 1.76. The molecule has 0 aliphatic carbocycles.